The first-order valence-corrected chi connectivity index (χ1v) is 13.0. The third-order valence-corrected chi connectivity index (χ3v) is 7.17. The van der Waals surface area contributed by atoms with Crippen LogP contribution in [-0.4, -0.2) is 64.3 Å². The van der Waals surface area contributed by atoms with Crippen molar-refractivity contribution in [1.82, 2.24) is 19.9 Å². The first-order chi connectivity index (χ1) is 18.5. The van der Waals surface area contributed by atoms with Crippen LogP contribution in [0.2, 0.25) is 5.02 Å². The van der Waals surface area contributed by atoms with Crippen molar-refractivity contribution in [2.24, 2.45) is 0 Å². The molecule has 208 valence electrons. The molecule has 0 spiro atoms. The SMILES string of the molecule is CC(F)(F)Oc1ccc([C@@H](O)CN2CCN(NC(=O)c3cn(C4CC4)c4cc(Cl)c(F)cc4c3=O)CC2)cc1. The van der Waals surface area contributed by atoms with Gasteiger partial charge in [0.2, 0.25) is 5.43 Å². The van der Waals surface area contributed by atoms with Crippen molar-refractivity contribution in [2.75, 3.05) is 32.7 Å². The number of carbonyl (C=O) groups is 1. The summed E-state index contributed by atoms with van der Waals surface area (Å²) in [4.78, 5) is 28.2. The van der Waals surface area contributed by atoms with Gasteiger partial charge in [-0.2, -0.15) is 8.78 Å². The van der Waals surface area contributed by atoms with Gasteiger partial charge in [0, 0.05) is 57.3 Å². The van der Waals surface area contributed by atoms with Crippen LogP contribution in [0, 0.1) is 5.82 Å². The monoisotopic (exact) mass is 564 g/mol. The average molecular weight is 565 g/mol. The van der Waals surface area contributed by atoms with Gasteiger partial charge in [-0.1, -0.05) is 23.7 Å². The number of amides is 1. The van der Waals surface area contributed by atoms with E-state index in [0.29, 0.717) is 50.7 Å². The van der Waals surface area contributed by atoms with Crippen molar-refractivity contribution in [2.45, 2.75) is 38.0 Å². The molecule has 2 fully saturated rings. The molecular weight excluding hydrogens is 537 g/mol. The Hall–Kier alpha value is -3.12. The number of benzene rings is 2. The Morgan fingerprint density at radius 1 is 1.18 bits per heavy atom. The summed E-state index contributed by atoms with van der Waals surface area (Å²) in [5.74, 6) is -1.28. The Labute approximate surface area is 227 Å². The van der Waals surface area contributed by atoms with E-state index in [1.54, 1.807) is 17.1 Å². The van der Waals surface area contributed by atoms with E-state index >= 15 is 0 Å². The summed E-state index contributed by atoms with van der Waals surface area (Å²) >= 11 is 5.95. The predicted molar refractivity (Wildman–Crippen MR) is 140 cm³/mol. The van der Waals surface area contributed by atoms with Gasteiger partial charge in [0.25, 0.3) is 5.91 Å². The zero-order valence-corrected chi connectivity index (χ0v) is 21.9. The van der Waals surface area contributed by atoms with Crippen molar-refractivity contribution in [3.63, 3.8) is 0 Å². The second kappa shape index (κ2) is 10.8. The first-order valence-electron chi connectivity index (χ1n) is 12.7. The molecule has 3 aromatic rings. The second-order valence-electron chi connectivity index (χ2n) is 10.0. The summed E-state index contributed by atoms with van der Waals surface area (Å²) < 4.78 is 46.5. The summed E-state index contributed by atoms with van der Waals surface area (Å²) in [5.41, 5.74) is 3.22. The van der Waals surface area contributed by atoms with E-state index in [4.69, 9.17) is 11.6 Å². The van der Waals surface area contributed by atoms with Crippen LogP contribution in [0.3, 0.4) is 0 Å². The molecule has 2 heterocycles. The third kappa shape index (κ3) is 6.38. The van der Waals surface area contributed by atoms with Crippen LogP contribution < -0.4 is 15.6 Å². The van der Waals surface area contributed by atoms with E-state index in [1.807, 2.05) is 9.47 Å². The first kappa shape index (κ1) is 27.4. The number of ether oxygens (including phenoxy) is 1. The molecule has 1 aliphatic heterocycles. The number of pyridine rings is 1. The van der Waals surface area contributed by atoms with E-state index in [-0.39, 0.29) is 27.8 Å². The van der Waals surface area contributed by atoms with Gasteiger partial charge < -0.3 is 14.4 Å². The number of hydrogen-bond acceptors (Lipinski definition) is 6. The molecule has 1 saturated heterocycles. The molecule has 0 radical (unpaired) electrons. The van der Waals surface area contributed by atoms with Gasteiger partial charge in [0.15, 0.2) is 0 Å². The third-order valence-electron chi connectivity index (χ3n) is 6.88. The lowest BCUT2D eigenvalue weighted by molar-refractivity contribution is -0.158. The summed E-state index contributed by atoms with van der Waals surface area (Å²) in [6.07, 6.45) is -0.808. The van der Waals surface area contributed by atoms with Gasteiger partial charge >= 0.3 is 6.11 Å². The molecule has 39 heavy (non-hydrogen) atoms. The smallest absolute Gasteiger partial charge is 0.394 e. The van der Waals surface area contributed by atoms with Crippen LogP contribution in [0.5, 0.6) is 5.75 Å². The van der Waals surface area contributed by atoms with Crippen LogP contribution in [0.1, 0.15) is 47.8 Å². The van der Waals surface area contributed by atoms with Crippen molar-refractivity contribution in [1.29, 1.82) is 0 Å². The van der Waals surface area contributed by atoms with Gasteiger partial charge in [-0.05, 0) is 42.7 Å². The van der Waals surface area contributed by atoms with Crippen molar-refractivity contribution in [3.05, 3.63) is 74.8 Å². The highest BCUT2D eigenvalue weighted by Gasteiger charge is 2.29. The fraction of sp³-hybridized carbons (Fsp3) is 0.407. The molecule has 1 saturated carbocycles. The lowest BCUT2D eigenvalue weighted by Gasteiger charge is -2.35. The fourth-order valence-corrected chi connectivity index (χ4v) is 4.88. The van der Waals surface area contributed by atoms with E-state index in [9.17, 15) is 27.9 Å². The van der Waals surface area contributed by atoms with E-state index in [0.717, 1.165) is 18.9 Å². The Morgan fingerprint density at radius 3 is 2.46 bits per heavy atom. The predicted octanol–water partition coefficient (Wildman–Crippen LogP) is 4.12. The molecule has 2 aliphatic rings. The molecule has 12 heteroatoms. The van der Waals surface area contributed by atoms with Crippen LogP contribution in [-0.2, 0) is 0 Å². The van der Waals surface area contributed by atoms with Gasteiger partial charge in [0.1, 0.15) is 17.1 Å². The average Bonchev–Trinajstić information content (AvgIpc) is 3.71. The normalized spacial score (nSPS) is 17.8. The van der Waals surface area contributed by atoms with Gasteiger partial charge in [-0.25, -0.2) is 9.40 Å². The zero-order valence-electron chi connectivity index (χ0n) is 21.2. The molecule has 1 aromatic heterocycles. The van der Waals surface area contributed by atoms with Gasteiger partial charge in [-0.15, -0.1) is 0 Å². The number of fused-ring (bicyclic) bond motifs is 1. The zero-order chi connectivity index (χ0) is 27.9. The van der Waals surface area contributed by atoms with Crippen molar-refractivity contribution < 1.29 is 27.8 Å². The number of hydrazine groups is 1. The number of hydrogen-bond donors (Lipinski definition) is 2. The number of nitrogens with zero attached hydrogens (tertiary/aromatic N) is 3. The maximum Gasteiger partial charge on any atom is 0.394 e. The standard InChI is InChI=1S/C27H28ClF3N4O4/c1-27(30,31)39-18-6-2-16(3-7-18)24(36)15-33-8-10-34(11-9-33)32-26(38)20-14-35(17-4-5-17)23-13-21(28)22(29)12-19(23)25(20)37/h2-3,6-7,12-14,17,24,36H,4-5,8-11,15H2,1H3,(H,32,38)/t24-/m0/s1. The van der Waals surface area contributed by atoms with Gasteiger partial charge in [0.05, 0.1) is 16.6 Å². The number of aliphatic hydroxyl groups excluding tert-OH is 1. The molecule has 1 amide bonds. The topological polar surface area (TPSA) is 87.0 Å². The minimum atomic E-state index is -3.29. The molecule has 8 nitrogen and oxygen atoms in total. The minimum Gasteiger partial charge on any atom is -0.433 e. The molecule has 2 N–H and O–H groups in total. The Morgan fingerprint density at radius 2 is 1.85 bits per heavy atom. The summed E-state index contributed by atoms with van der Waals surface area (Å²) in [6.45, 7) is 2.94. The van der Waals surface area contributed by atoms with Crippen molar-refractivity contribution in [3.8, 4) is 5.75 Å². The quantitative estimate of drug-likeness (QED) is 0.428. The number of nitrogens with one attached hydrogen (secondary N) is 1. The summed E-state index contributed by atoms with van der Waals surface area (Å²) in [5, 5.41) is 12.3. The number of piperazine rings is 1. The molecule has 0 unspecified atom stereocenters. The number of carbonyl (C=O) groups excluding carboxylic acids is 1. The lowest BCUT2D eigenvalue weighted by Crippen LogP contribution is -2.54. The fourth-order valence-electron chi connectivity index (χ4n) is 4.72. The summed E-state index contributed by atoms with van der Waals surface area (Å²) in [7, 11) is 0. The Kier molecular flexibility index (Phi) is 7.60. The number of β-amino-alcohol motifs (C(OH)–C–C–N with tert-alkyl or cyclic N) is 1. The van der Waals surface area contributed by atoms with E-state index in [1.165, 1.54) is 24.4 Å². The van der Waals surface area contributed by atoms with Crippen LogP contribution >= 0.6 is 11.6 Å². The highest BCUT2D eigenvalue weighted by atomic mass is 35.5. The molecule has 5 rings (SSSR count). The number of rotatable bonds is 8. The molecule has 1 atom stereocenters. The van der Waals surface area contributed by atoms with Crippen LogP contribution in [0.25, 0.3) is 10.9 Å². The van der Waals surface area contributed by atoms with Crippen LogP contribution in [0.4, 0.5) is 13.2 Å². The number of alkyl halides is 2. The largest absolute Gasteiger partial charge is 0.433 e. The maximum atomic E-state index is 14.2. The molecule has 1 aliphatic carbocycles. The molecule has 2 aromatic carbocycles. The molecular formula is C27H28ClF3N4O4. The number of aromatic nitrogens is 1. The summed E-state index contributed by atoms with van der Waals surface area (Å²) in [6, 6.07) is 8.49. The molecule has 0 bridgehead atoms. The second-order valence-corrected chi connectivity index (χ2v) is 10.4. The Bertz CT molecular complexity index is 1430. The Balaban J connectivity index is 1.20. The van der Waals surface area contributed by atoms with Gasteiger partial charge in [-0.3, -0.25) is 19.9 Å². The highest BCUT2D eigenvalue weighted by molar-refractivity contribution is 6.31. The lowest BCUT2D eigenvalue weighted by atomic mass is 10.1. The van der Waals surface area contributed by atoms with Crippen LogP contribution in [0.15, 0.2) is 47.4 Å². The maximum absolute atomic E-state index is 14.2. The van der Waals surface area contributed by atoms with E-state index in [2.05, 4.69) is 10.2 Å². The van der Waals surface area contributed by atoms with Crippen molar-refractivity contribution >= 4 is 28.4 Å². The minimum absolute atomic E-state index is 0.00652. The highest BCUT2D eigenvalue weighted by Crippen LogP contribution is 2.37. The van der Waals surface area contributed by atoms with E-state index < -0.39 is 29.4 Å². The number of halogens is 4. The number of aliphatic hydroxyl groups is 1.